The van der Waals surface area contributed by atoms with Crippen molar-refractivity contribution in [1.29, 1.82) is 10.5 Å². The number of nitrogen functional groups attached to an aromatic ring is 1. The fourth-order valence-corrected chi connectivity index (χ4v) is 2.98. The first-order valence-electron chi connectivity index (χ1n) is 11.2. The smallest absolute Gasteiger partial charge is 0.251 e. The number of carbonyl (C=O) groups excluding carboxylic acids is 1. The number of hydrogen-bond donors (Lipinski definition) is 2. The van der Waals surface area contributed by atoms with Crippen LogP contribution in [0.1, 0.15) is 66.7 Å². The molecule has 1 aliphatic rings. The standard InChI is InChI=1S/C18H15N5O.C6H9N.C2H6/c1-11-6-14-7-13(3-5-16(14)23-17(11)20)18(24)22-10-15-4-2-12(8-19)9-21-15;7-5-1-2-6-3-4-6;1-2/h2-7,9H,10H2,1H3,(H2,20,23)(H,22,24);6H,1-4H2;1-2H3. The van der Waals surface area contributed by atoms with E-state index in [1.54, 1.807) is 30.3 Å². The Kier molecular flexibility index (Phi) is 9.80. The van der Waals surface area contributed by atoms with Crippen molar-refractivity contribution in [1.82, 2.24) is 15.3 Å². The van der Waals surface area contributed by atoms with Gasteiger partial charge in [-0.15, -0.1) is 0 Å². The maximum atomic E-state index is 12.3. The van der Waals surface area contributed by atoms with Crippen molar-refractivity contribution in [3.63, 3.8) is 0 Å². The quantitative estimate of drug-likeness (QED) is 0.569. The first-order valence-corrected chi connectivity index (χ1v) is 11.2. The zero-order chi connectivity index (χ0) is 24.2. The lowest BCUT2D eigenvalue weighted by molar-refractivity contribution is 0.0950. The molecule has 0 saturated heterocycles. The minimum atomic E-state index is -0.197. The summed E-state index contributed by atoms with van der Waals surface area (Å²) in [7, 11) is 0. The second-order valence-corrected chi connectivity index (χ2v) is 7.57. The Hall–Kier alpha value is -3.97. The predicted molar refractivity (Wildman–Crippen MR) is 130 cm³/mol. The zero-order valence-electron chi connectivity index (χ0n) is 19.4. The lowest BCUT2D eigenvalue weighted by atomic mass is 10.1. The normalized spacial score (nSPS) is 11.7. The average molecular weight is 443 g/mol. The molecule has 1 saturated carbocycles. The predicted octanol–water partition coefficient (Wildman–Crippen LogP) is 5.05. The first kappa shape index (κ1) is 25.3. The topological polar surface area (TPSA) is 128 Å². The van der Waals surface area contributed by atoms with Crippen LogP contribution in [0.3, 0.4) is 0 Å². The van der Waals surface area contributed by atoms with Crippen LogP contribution < -0.4 is 11.1 Å². The molecular weight excluding hydrogens is 412 g/mol. The number of fused-ring (bicyclic) bond motifs is 1. The fourth-order valence-electron chi connectivity index (χ4n) is 2.98. The average Bonchev–Trinajstić information content (AvgIpc) is 3.68. The van der Waals surface area contributed by atoms with E-state index in [0.29, 0.717) is 29.2 Å². The van der Waals surface area contributed by atoms with Crippen molar-refractivity contribution in [2.45, 2.75) is 53.0 Å². The maximum Gasteiger partial charge on any atom is 0.251 e. The molecule has 0 radical (unpaired) electrons. The fraction of sp³-hybridized carbons (Fsp3) is 0.346. The van der Waals surface area contributed by atoms with Crippen LogP contribution in [0.5, 0.6) is 0 Å². The Morgan fingerprint density at radius 1 is 1.18 bits per heavy atom. The van der Waals surface area contributed by atoms with E-state index in [-0.39, 0.29) is 5.91 Å². The van der Waals surface area contributed by atoms with Gasteiger partial charge in [-0.2, -0.15) is 10.5 Å². The van der Waals surface area contributed by atoms with E-state index in [4.69, 9.17) is 16.3 Å². The Morgan fingerprint density at radius 3 is 2.55 bits per heavy atom. The number of anilines is 1. The van der Waals surface area contributed by atoms with Gasteiger partial charge in [0.25, 0.3) is 5.91 Å². The minimum Gasteiger partial charge on any atom is -0.383 e. The molecule has 7 nitrogen and oxygen atoms in total. The molecule has 1 aromatic carbocycles. The van der Waals surface area contributed by atoms with E-state index in [1.807, 2.05) is 32.9 Å². The molecule has 1 aliphatic carbocycles. The van der Waals surface area contributed by atoms with Crippen molar-refractivity contribution in [3.05, 3.63) is 65.0 Å². The number of carbonyl (C=O) groups is 1. The van der Waals surface area contributed by atoms with Gasteiger partial charge in [-0.3, -0.25) is 9.78 Å². The Labute approximate surface area is 195 Å². The second kappa shape index (κ2) is 12.8. The highest BCUT2D eigenvalue weighted by molar-refractivity contribution is 5.98. The summed E-state index contributed by atoms with van der Waals surface area (Å²) in [6, 6.07) is 14.7. The van der Waals surface area contributed by atoms with Gasteiger partial charge in [0.15, 0.2) is 0 Å². The Bertz CT molecular complexity index is 1150. The minimum absolute atomic E-state index is 0.197. The molecule has 3 N–H and O–H groups in total. The number of nitrogens with one attached hydrogen (secondary N) is 1. The van der Waals surface area contributed by atoms with E-state index in [2.05, 4.69) is 21.4 Å². The Morgan fingerprint density at radius 2 is 1.94 bits per heavy atom. The van der Waals surface area contributed by atoms with E-state index in [0.717, 1.165) is 35.2 Å². The van der Waals surface area contributed by atoms with Crippen molar-refractivity contribution in [2.75, 3.05) is 5.73 Å². The molecule has 2 aromatic heterocycles. The summed E-state index contributed by atoms with van der Waals surface area (Å²) in [4.78, 5) is 20.7. The number of aryl methyl sites for hydroxylation is 1. The highest BCUT2D eigenvalue weighted by atomic mass is 16.1. The van der Waals surface area contributed by atoms with Crippen LogP contribution in [0.25, 0.3) is 10.9 Å². The van der Waals surface area contributed by atoms with Crippen LogP contribution in [0.4, 0.5) is 5.82 Å². The molecule has 4 rings (SSSR count). The summed E-state index contributed by atoms with van der Waals surface area (Å²) >= 11 is 0. The third-order valence-electron chi connectivity index (χ3n) is 5.05. The van der Waals surface area contributed by atoms with Crippen LogP contribution in [0.15, 0.2) is 42.6 Å². The van der Waals surface area contributed by atoms with Gasteiger partial charge in [0, 0.05) is 23.6 Å². The molecule has 3 aromatic rings. The van der Waals surface area contributed by atoms with Gasteiger partial charge >= 0.3 is 0 Å². The number of nitrogens with zero attached hydrogens (tertiary/aromatic N) is 4. The summed E-state index contributed by atoms with van der Waals surface area (Å²) < 4.78 is 0. The van der Waals surface area contributed by atoms with Gasteiger partial charge in [-0.1, -0.05) is 26.7 Å². The van der Waals surface area contributed by atoms with Crippen molar-refractivity contribution >= 4 is 22.6 Å². The van der Waals surface area contributed by atoms with Crippen molar-refractivity contribution < 1.29 is 4.79 Å². The maximum absolute atomic E-state index is 12.3. The summed E-state index contributed by atoms with van der Waals surface area (Å²) in [5.74, 6) is 1.23. The van der Waals surface area contributed by atoms with Gasteiger partial charge in [-0.25, -0.2) is 4.98 Å². The number of nitriles is 2. The van der Waals surface area contributed by atoms with E-state index >= 15 is 0 Å². The lowest BCUT2D eigenvalue weighted by Gasteiger charge is -2.07. The highest BCUT2D eigenvalue weighted by Crippen LogP contribution is 2.33. The molecule has 33 heavy (non-hydrogen) atoms. The lowest BCUT2D eigenvalue weighted by Crippen LogP contribution is -2.23. The van der Waals surface area contributed by atoms with Gasteiger partial charge in [-0.05, 0) is 61.2 Å². The monoisotopic (exact) mass is 442 g/mol. The molecule has 0 unspecified atom stereocenters. The molecule has 7 heteroatoms. The molecule has 0 atom stereocenters. The number of hydrogen-bond acceptors (Lipinski definition) is 6. The molecule has 0 aliphatic heterocycles. The molecule has 1 amide bonds. The van der Waals surface area contributed by atoms with Crippen molar-refractivity contribution in [3.8, 4) is 12.1 Å². The number of pyridine rings is 2. The van der Waals surface area contributed by atoms with Gasteiger partial charge in [0.2, 0.25) is 0 Å². The molecular formula is C26H30N6O. The van der Waals surface area contributed by atoms with Crippen LogP contribution in [0.2, 0.25) is 0 Å². The first-order chi connectivity index (χ1) is 16.0. The number of rotatable bonds is 5. The summed E-state index contributed by atoms with van der Waals surface area (Å²) in [6.07, 6.45) is 6.15. The molecule has 1 fully saturated rings. The SMILES string of the molecule is CC.Cc1cc2cc(C(=O)NCc3ccc(C#N)cn3)ccc2nc1N.N#CCCC1CC1. The van der Waals surface area contributed by atoms with Gasteiger partial charge in [0.1, 0.15) is 11.9 Å². The van der Waals surface area contributed by atoms with Gasteiger partial charge in [0.05, 0.1) is 29.4 Å². The third-order valence-corrected chi connectivity index (χ3v) is 5.05. The number of amides is 1. The number of aromatic nitrogens is 2. The number of benzene rings is 1. The van der Waals surface area contributed by atoms with E-state index < -0.39 is 0 Å². The number of nitrogens with two attached hydrogens (primary N) is 1. The summed E-state index contributed by atoms with van der Waals surface area (Å²) in [5.41, 5.74) is 9.15. The zero-order valence-corrected chi connectivity index (χ0v) is 19.4. The molecule has 0 bridgehead atoms. The molecule has 0 spiro atoms. The second-order valence-electron chi connectivity index (χ2n) is 7.57. The highest BCUT2D eigenvalue weighted by Gasteiger charge is 2.19. The van der Waals surface area contributed by atoms with E-state index in [9.17, 15) is 4.79 Å². The van der Waals surface area contributed by atoms with Crippen LogP contribution >= 0.6 is 0 Å². The Balaban J connectivity index is 0.000000362. The third kappa shape index (κ3) is 7.90. The van der Waals surface area contributed by atoms with Crippen molar-refractivity contribution in [2.24, 2.45) is 5.92 Å². The van der Waals surface area contributed by atoms with Gasteiger partial charge < -0.3 is 11.1 Å². The largest absolute Gasteiger partial charge is 0.383 e. The summed E-state index contributed by atoms with van der Waals surface area (Å²) in [5, 5.41) is 20.5. The van der Waals surface area contributed by atoms with Crippen LogP contribution in [-0.4, -0.2) is 15.9 Å². The van der Waals surface area contributed by atoms with Crippen LogP contribution in [0, 0.1) is 35.5 Å². The molecule has 2 heterocycles. The van der Waals surface area contributed by atoms with E-state index in [1.165, 1.54) is 19.0 Å². The van der Waals surface area contributed by atoms with Crippen LogP contribution in [-0.2, 0) is 6.54 Å². The summed E-state index contributed by atoms with van der Waals surface area (Å²) in [6.45, 7) is 6.17. The molecule has 170 valence electrons.